The molecule has 1 aliphatic rings. The molecule has 1 amide bonds. The fourth-order valence-electron chi connectivity index (χ4n) is 1.31. The van der Waals surface area contributed by atoms with E-state index in [0.717, 1.165) is 13.1 Å². The maximum Gasteiger partial charge on any atom is 0.234 e. The number of amides is 1. The van der Waals surface area contributed by atoms with Crippen LogP contribution in [0.1, 0.15) is 19.8 Å². The van der Waals surface area contributed by atoms with Gasteiger partial charge in [0, 0.05) is 0 Å². The van der Waals surface area contributed by atoms with Crippen molar-refractivity contribution in [1.82, 2.24) is 4.90 Å². The molecule has 10 heavy (non-hydrogen) atoms. The highest BCUT2D eigenvalue weighted by Crippen LogP contribution is 2.10. The zero-order valence-corrected chi connectivity index (χ0v) is 6.34. The zero-order valence-electron chi connectivity index (χ0n) is 6.34. The lowest BCUT2D eigenvalue weighted by Gasteiger charge is -2.19. The van der Waals surface area contributed by atoms with Crippen molar-refractivity contribution in [2.45, 2.75) is 25.8 Å². The molecule has 2 N–H and O–H groups in total. The molecule has 1 saturated heterocycles. The van der Waals surface area contributed by atoms with Crippen LogP contribution in [0.3, 0.4) is 0 Å². The number of likely N-dealkylation sites (tertiary alicyclic amines) is 1. The van der Waals surface area contributed by atoms with E-state index in [1.165, 1.54) is 12.8 Å². The summed E-state index contributed by atoms with van der Waals surface area (Å²) in [6.45, 7) is 3.93. The lowest BCUT2D eigenvalue weighted by molar-refractivity contribution is -0.122. The third-order valence-corrected chi connectivity index (χ3v) is 2.10. The van der Waals surface area contributed by atoms with Gasteiger partial charge in [-0.05, 0) is 32.9 Å². The molecule has 1 fully saturated rings. The lowest BCUT2D eigenvalue weighted by Crippen LogP contribution is -2.40. The topological polar surface area (TPSA) is 46.3 Å². The van der Waals surface area contributed by atoms with E-state index in [-0.39, 0.29) is 11.9 Å². The van der Waals surface area contributed by atoms with E-state index in [1.807, 2.05) is 6.92 Å². The second kappa shape index (κ2) is 3.01. The van der Waals surface area contributed by atoms with Crippen molar-refractivity contribution in [1.29, 1.82) is 0 Å². The summed E-state index contributed by atoms with van der Waals surface area (Å²) in [4.78, 5) is 12.8. The number of carbonyl (C=O) groups is 1. The maximum absolute atomic E-state index is 10.7. The van der Waals surface area contributed by atoms with Gasteiger partial charge in [-0.25, -0.2) is 0 Å². The molecule has 1 heterocycles. The Labute approximate surface area is 61.2 Å². The second-order valence-electron chi connectivity index (χ2n) is 2.82. The van der Waals surface area contributed by atoms with Crippen LogP contribution in [0.5, 0.6) is 0 Å². The van der Waals surface area contributed by atoms with E-state index in [9.17, 15) is 4.79 Å². The monoisotopic (exact) mass is 142 g/mol. The van der Waals surface area contributed by atoms with Gasteiger partial charge in [-0.2, -0.15) is 0 Å². The minimum atomic E-state index is -0.207. The number of hydrogen-bond acceptors (Lipinski definition) is 2. The van der Waals surface area contributed by atoms with Crippen molar-refractivity contribution in [2.75, 3.05) is 13.1 Å². The highest BCUT2D eigenvalue weighted by molar-refractivity contribution is 5.79. The number of carbonyl (C=O) groups excluding carboxylic acids is 1. The summed E-state index contributed by atoms with van der Waals surface area (Å²) in [5, 5.41) is 0. The Morgan fingerprint density at radius 2 is 2.00 bits per heavy atom. The van der Waals surface area contributed by atoms with Gasteiger partial charge in [-0.15, -0.1) is 0 Å². The molecule has 0 spiro atoms. The second-order valence-corrected chi connectivity index (χ2v) is 2.82. The van der Waals surface area contributed by atoms with E-state index >= 15 is 0 Å². The van der Waals surface area contributed by atoms with Crippen molar-refractivity contribution in [3.05, 3.63) is 0 Å². The van der Waals surface area contributed by atoms with Crippen LogP contribution in [0, 0.1) is 0 Å². The fourth-order valence-corrected chi connectivity index (χ4v) is 1.31. The first-order valence-corrected chi connectivity index (χ1v) is 3.75. The van der Waals surface area contributed by atoms with E-state index in [4.69, 9.17) is 5.73 Å². The normalized spacial score (nSPS) is 22.9. The van der Waals surface area contributed by atoms with Crippen LogP contribution in [-0.4, -0.2) is 29.9 Å². The summed E-state index contributed by atoms with van der Waals surface area (Å²) in [7, 11) is 0. The van der Waals surface area contributed by atoms with Gasteiger partial charge in [0.05, 0.1) is 6.04 Å². The Morgan fingerprint density at radius 1 is 1.50 bits per heavy atom. The van der Waals surface area contributed by atoms with E-state index in [1.54, 1.807) is 0 Å². The van der Waals surface area contributed by atoms with Gasteiger partial charge in [0.15, 0.2) is 0 Å². The van der Waals surface area contributed by atoms with Gasteiger partial charge in [0.25, 0.3) is 0 Å². The van der Waals surface area contributed by atoms with Gasteiger partial charge < -0.3 is 5.73 Å². The van der Waals surface area contributed by atoms with Crippen molar-refractivity contribution in [3.8, 4) is 0 Å². The maximum atomic E-state index is 10.7. The van der Waals surface area contributed by atoms with E-state index < -0.39 is 0 Å². The third-order valence-electron chi connectivity index (χ3n) is 2.10. The van der Waals surface area contributed by atoms with Crippen molar-refractivity contribution < 1.29 is 4.79 Å². The quantitative estimate of drug-likeness (QED) is 0.588. The van der Waals surface area contributed by atoms with E-state index in [0.29, 0.717) is 0 Å². The summed E-state index contributed by atoms with van der Waals surface area (Å²) < 4.78 is 0. The summed E-state index contributed by atoms with van der Waals surface area (Å²) in [6, 6.07) is -0.0671. The summed E-state index contributed by atoms with van der Waals surface area (Å²) in [5.74, 6) is -0.207. The van der Waals surface area contributed by atoms with Crippen molar-refractivity contribution >= 4 is 5.91 Å². The van der Waals surface area contributed by atoms with Gasteiger partial charge in [0.1, 0.15) is 0 Å². The van der Waals surface area contributed by atoms with Gasteiger partial charge >= 0.3 is 0 Å². The van der Waals surface area contributed by atoms with Gasteiger partial charge in [-0.1, -0.05) is 0 Å². The molecular weight excluding hydrogens is 128 g/mol. The number of hydrogen-bond donors (Lipinski definition) is 1. The first-order valence-electron chi connectivity index (χ1n) is 3.75. The van der Waals surface area contributed by atoms with Crippen molar-refractivity contribution in [2.24, 2.45) is 5.73 Å². The van der Waals surface area contributed by atoms with Crippen LogP contribution in [0.15, 0.2) is 0 Å². The Hall–Kier alpha value is -0.570. The van der Waals surface area contributed by atoms with Crippen LogP contribution < -0.4 is 5.73 Å². The Bertz CT molecular complexity index is 130. The molecule has 0 aromatic heterocycles. The van der Waals surface area contributed by atoms with Crippen LogP contribution in [0.2, 0.25) is 0 Å². The molecule has 0 aromatic carbocycles. The molecule has 1 atom stereocenters. The van der Waals surface area contributed by atoms with Crippen LogP contribution in [-0.2, 0) is 4.79 Å². The molecule has 0 aliphatic carbocycles. The van der Waals surface area contributed by atoms with Crippen LogP contribution in [0.25, 0.3) is 0 Å². The first-order chi connectivity index (χ1) is 4.72. The van der Waals surface area contributed by atoms with Crippen LogP contribution >= 0.6 is 0 Å². The predicted octanol–water partition coefficient (Wildman–Crippen LogP) is -0.0440. The predicted molar refractivity (Wildman–Crippen MR) is 39.5 cm³/mol. The number of rotatable bonds is 2. The lowest BCUT2D eigenvalue weighted by atomic mass is 10.3. The molecule has 3 nitrogen and oxygen atoms in total. The Kier molecular flexibility index (Phi) is 2.27. The Balaban J connectivity index is 2.39. The average Bonchev–Trinajstić information content (AvgIpc) is 2.36. The Morgan fingerprint density at radius 3 is 2.40 bits per heavy atom. The summed E-state index contributed by atoms with van der Waals surface area (Å²) >= 11 is 0. The SMILES string of the molecule is C[C@H](C(N)=O)N1CCCC1. The van der Waals surface area contributed by atoms with Gasteiger partial charge in [0.2, 0.25) is 5.91 Å². The molecular formula is C7H14N2O. The fraction of sp³-hybridized carbons (Fsp3) is 0.857. The summed E-state index contributed by atoms with van der Waals surface area (Å²) in [5.41, 5.74) is 5.14. The van der Waals surface area contributed by atoms with Crippen molar-refractivity contribution in [3.63, 3.8) is 0 Å². The molecule has 3 heteroatoms. The standard InChI is InChI=1S/C7H14N2O/c1-6(7(8)10)9-4-2-3-5-9/h6H,2-5H2,1H3,(H2,8,10)/t6-/m1/s1. The molecule has 58 valence electrons. The molecule has 1 rings (SSSR count). The molecule has 0 saturated carbocycles. The zero-order chi connectivity index (χ0) is 7.56. The summed E-state index contributed by atoms with van der Waals surface area (Å²) in [6.07, 6.45) is 2.41. The molecule has 0 unspecified atom stereocenters. The largest absolute Gasteiger partial charge is 0.368 e. The van der Waals surface area contributed by atoms with Crippen LogP contribution in [0.4, 0.5) is 0 Å². The molecule has 0 aromatic rings. The molecule has 0 bridgehead atoms. The highest BCUT2D eigenvalue weighted by Gasteiger charge is 2.21. The number of nitrogens with zero attached hydrogens (tertiary/aromatic N) is 1. The minimum absolute atomic E-state index is 0.0671. The highest BCUT2D eigenvalue weighted by atomic mass is 16.1. The number of nitrogens with two attached hydrogens (primary N) is 1. The average molecular weight is 142 g/mol. The molecule has 1 aliphatic heterocycles. The smallest absolute Gasteiger partial charge is 0.234 e. The third kappa shape index (κ3) is 1.48. The molecule has 0 radical (unpaired) electrons. The van der Waals surface area contributed by atoms with E-state index in [2.05, 4.69) is 4.90 Å². The first kappa shape index (κ1) is 7.54. The number of primary amides is 1. The minimum Gasteiger partial charge on any atom is -0.368 e. The van der Waals surface area contributed by atoms with Gasteiger partial charge in [-0.3, -0.25) is 9.69 Å².